The molecule has 19 heavy (non-hydrogen) atoms. The van der Waals surface area contributed by atoms with E-state index in [0.29, 0.717) is 25.1 Å². The highest BCUT2D eigenvalue weighted by Crippen LogP contribution is 2.24. The summed E-state index contributed by atoms with van der Waals surface area (Å²) in [6.45, 7) is 2.21. The Kier molecular flexibility index (Phi) is 5.33. The molecule has 0 aliphatic rings. The number of unbranched alkanes of at least 4 members (excludes halogenated alkanes) is 2. The average Bonchev–Trinajstić information content (AvgIpc) is 2.58. The molecule has 0 aliphatic carbocycles. The fourth-order valence-electron chi connectivity index (χ4n) is 1.83. The molecule has 0 amide bonds. The first kappa shape index (κ1) is 15.9. The van der Waals surface area contributed by atoms with Crippen molar-refractivity contribution < 1.29 is 13.5 Å². The van der Waals surface area contributed by atoms with E-state index < -0.39 is 10.0 Å². The summed E-state index contributed by atoms with van der Waals surface area (Å²) in [6.07, 6.45) is 2.18. The highest BCUT2D eigenvalue weighted by Gasteiger charge is 2.28. The third-order valence-electron chi connectivity index (χ3n) is 3.10. The molecule has 7 nitrogen and oxygen atoms in total. The molecule has 0 bridgehead atoms. The first-order valence-electron chi connectivity index (χ1n) is 6.18. The van der Waals surface area contributed by atoms with Crippen LogP contribution in [0.1, 0.15) is 25.0 Å². The van der Waals surface area contributed by atoms with Gasteiger partial charge >= 0.3 is 0 Å². The first-order chi connectivity index (χ1) is 8.82. The topological polar surface area (TPSA) is 101 Å². The SMILES string of the molecule is Cc1c(S(=O)(=O)N(C)CCCCCO)c(N)nn1C. The van der Waals surface area contributed by atoms with Crippen molar-refractivity contribution in [2.45, 2.75) is 31.1 Å². The van der Waals surface area contributed by atoms with Gasteiger partial charge < -0.3 is 10.8 Å². The summed E-state index contributed by atoms with van der Waals surface area (Å²) < 4.78 is 27.5. The molecule has 0 atom stereocenters. The third kappa shape index (κ3) is 3.46. The molecule has 0 saturated heterocycles. The largest absolute Gasteiger partial charge is 0.396 e. The summed E-state index contributed by atoms with van der Waals surface area (Å²) in [5, 5.41) is 12.6. The van der Waals surface area contributed by atoms with Crippen LogP contribution >= 0.6 is 0 Å². The highest BCUT2D eigenvalue weighted by atomic mass is 32.2. The van der Waals surface area contributed by atoms with Gasteiger partial charge in [0.05, 0.1) is 5.69 Å². The van der Waals surface area contributed by atoms with Gasteiger partial charge in [0.15, 0.2) is 5.82 Å². The molecular weight excluding hydrogens is 268 g/mol. The second-order valence-corrected chi connectivity index (χ2v) is 6.52. The normalized spacial score (nSPS) is 12.3. The molecule has 0 fully saturated rings. The fraction of sp³-hybridized carbons (Fsp3) is 0.727. The number of aryl methyl sites for hydroxylation is 1. The van der Waals surface area contributed by atoms with Crippen LogP contribution < -0.4 is 5.73 Å². The van der Waals surface area contributed by atoms with Crippen LogP contribution in [0.2, 0.25) is 0 Å². The van der Waals surface area contributed by atoms with Gasteiger partial charge in [-0.1, -0.05) is 0 Å². The highest BCUT2D eigenvalue weighted by molar-refractivity contribution is 7.89. The predicted molar refractivity (Wildman–Crippen MR) is 73.1 cm³/mol. The predicted octanol–water partition coefficient (Wildman–Crippen LogP) is 0.0938. The summed E-state index contributed by atoms with van der Waals surface area (Å²) in [7, 11) is -0.418. The van der Waals surface area contributed by atoms with Crippen LogP contribution in [0.15, 0.2) is 4.90 Å². The Hall–Kier alpha value is -1.12. The van der Waals surface area contributed by atoms with Crippen molar-refractivity contribution in [2.24, 2.45) is 7.05 Å². The van der Waals surface area contributed by atoms with Gasteiger partial charge in [-0.05, 0) is 26.2 Å². The molecule has 3 N–H and O–H groups in total. The molecule has 0 aliphatic heterocycles. The number of aliphatic hydroxyl groups excluding tert-OH is 1. The quantitative estimate of drug-likeness (QED) is 0.693. The maximum atomic E-state index is 12.4. The van der Waals surface area contributed by atoms with E-state index in [1.165, 1.54) is 16.0 Å². The van der Waals surface area contributed by atoms with Gasteiger partial charge in [-0.15, -0.1) is 0 Å². The van der Waals surface area contributed by atoms with Crippen LogP contribution in [0.5, 0.6) is 0 Å². The van der Waals surface area contributed by atoms with Crippen molar-refractivity contribution in [3.63, 3.8) is 0 Å². The van der Waals surface area contributed by atoms with E-state index in [2.05, 4.69) is 5.10 Å². The minimum absolute atomic E-state index is 0.0298. The van der Waals surface area contributed by atoms with Crippen LogP contribution in [0, 0.1) is 6.92 Å². The van der Waals surface area contributed by atoms with E-state index in [0.717, 1.165) is 6.42 Å². The molecule has 1 aromatic rings. The minimum Gasteiger partial charge on any atom is -0.396 e. The molecule has 8 heteroatoms. The number of nitrogens with two attached hydrogens (primary N) is 1. The smallest absolute Gasteiger partial charge is 0.248 e. The van der Waals surface area contributed by atoms with Crippen molar-refractivity contribution in [1.29, 1.82) is 0 Å². The molecule has 0 spiro atoms. The van der Waals surface area contributed by atoms with Gasteiger partial charge in [-0.2, -0.15) is 5.10 Å². The Morgan fingerprint density at radius 1 is 1.37 bits per heavy atom. The van der Waals surface area contributed by atoms with E-state index in [1.54, 1.807) is 14.0 Å². The van der Waals surface area contributed by atoms with E-state index in [4.69, 9.17) is 10.8 Å². The number of sulfonamides is 1. The van der Waals surface area contributed by atoms with Crippen LogP contribution in [0.25, 0.3) is 0 Å². The van der Waals surface area contributed by atoms with Gasteiger partial charge in [-0.3, -0.25) is 4.68 Å². The second kappa shape index (κ2) is 6.36. The van der Waals surface area contributed by atoms with E-state index in [9.17, 15) is 8.42 Å². The van der Waals surface area contributed by atoms with Crippen LogP contribution in [0.3, 0.4) is 0 Å². The lowest BCUT2D eigenvalue weighted by Crippen LogP contribution is -2.29. The maximum absolute atomic E-state index is 12.4. The summed E-state index contributed by atoms with van der Waals surface area (Å²) in [4.78, 5) is 0.0830. The van der Waals surface area contributed by atoms with E-state index in [-0.39, 0.29) is 17.3 Å². The number of nitrogens with zero attached hydrogens (tertiary/aromatic N) is 3. The molecular formula is C11H22N4O3S. The average molecular weight is 290 g/mol. The molecule has 0 aromatic carbocycles. The number of hydrogen-bond acceptors (Lipinski definition) is 5. The lowest BCUT2D eigenvalue weighted by atomic mass is 10.2. The number of hydrogen-bond donors (Lipinski definition) is 2. The molecule has 1 aromatic heterocycles. The van der Waals surface area contributed by atoms with Crippen molar-refractivity contribution in [2.75, 3.05) is 25.9 Å². The number of aromatic nitrogens is 2. The summed E-state index contributed by atoms with van der Waals surface area (Å²) in [5.41, 5.74) is 6.20. The Bertz CT molecular complexity index is 524. The number of anilines is 1. The van der Waals surface area contributed by atoms with Gasteiger partial charge in [-0.25, -0.2) is 12.7 Å². The maximum Gasteiger partial charge on any atom is 0.248 e. The van der Waals surface area contributed by atoms with Crippen LogP contribution in [-0.2, 0) is 17.1 Å². The Morgan fingerprint density at radius 2 is 2.00 bits per heavy atom. The van der Waals surface area contributed by atoms with E-state index >= 15 is 0 Å². The zero-order valence-corrected chi connectivity index (χ0v) is 12.4. The van der Waals surface area contributed by atoms with Gasteiger partial charge in [0.1, 0.15) is 4.90 Å². The van der Waals surface area contributed by atoms with Gasteiger partial charge in [0.2, 0.25) is 10.0 Å². The zero-order valence-electron chi connectivity index (χ0n) is 11.6. The Morgan fingerprint density at radius 3 is 2.47 bits per heavy atom. The standard InChI is InChI=1S/C11H22N4O3S/c1-9-10(11(12)13-15(9)3)19(17,18)14(2)7-5-4-6-8-16/h16H,4-8H2,1-3H3,(H2,12,13). The zero-order chi connectivity index (χ0) is 14.6. The third-order valence-corrected chi connectivity index (χ3v) is 5.13. The molecule has 1 heterocycles. The second-order valence-electron chi connectivity index (χ2n) is 4.53. The Balaban J connectivity index is 2.85. The summed E-state index contributed by atoms with van der Waals surface area (Å²) in [6, 6.07) is 0. The van der Waals surface area contributed by atoms with E-state index in [1.807, 2.05) is 0 Å². The lowest BCUT2D eigenvalue weighted by Gasteiger charge is -2.17. The number of nitrogen functional groups attached to an aromatic ring is 1. The number of rotatable bonds is 7. The van der Waals surface area contributed by atoms with Gasteiger partial charge in [0, 0.05) is 27.2 Å². The van der Waals surface area contributed by atoms with Crippen LogP contribution in [-0.4, -0.2) is 47.8 Å². The summed E-state index contributed by atoms with van der Waals surface area (Å²) in [5.74, 6) is 0.0298. The van der Waals surface area contributed by atoms with Crippen molar-refractivity contribution in [3.05, 3.63) is 5.69 Å². The monoisotopic (exact) mass is 290 g/mol. The van der Waals surface area contributed by atoms with Crippen LogP contribution in [0.4, 0.5) is 5.82 Å². The Labute approximate surface area is 114 Å². The first-order valence-corrected chi connectivity index (χ1v) is 7.62. The number of aliphatic hydroxyl groups is 1. The van der Waals surface area contributed by atoms with Crippen molar-refractivity contribution >= 4 is 15.8 Å². The van der Waals surface area contributed by atoms with Gasteiger partial charge in [0.25, 0.3) is 0 Å². The molecule has 110 valence electrons. The summed E-state index contributed by atoms with van der Waals surface area (Å²) >= 11 is 0. The molecule has 0 unspecified atom stereocenters. The molecule has 1 rings (SSSR count). The van der Waals surface area contributed by atoms with Crippen molar-refractivity contribution in [1.82, 2.24) is 14.1 Å². The lowest BCUT2D eigenvalue weighted by molar-refractivity contribution is 0.281. The van der Waals surface area contributed by atoms with Crippen molar-refractivity contribution in [3.8, 4) is 0 Å². The minimum atomic E-state index is -3.60. The molecule has 0 radical (unpaired) electrons. The molecule has 0 saturated carbocycles. The fourth-order valence-corrected chi connectivity index (χ4v) is 3.32.